The largest absolute Gasteiger partial charge is 0.432 e. The molecule has 4 rings (SSSR count). The van der Waals surface area contributed by atoms with Crippen molar-refractivity contribution >= 4 is 33.5 Å². The van der Waals surface area contributed by atoms with Crippen LogP contribution in [0.2, 0.25) is 0 Å². The Morgan fingerprint density at radius 1 is 1.20 bits per heavy atom. The number of para-hydroxylation sites is 1. The van der Waals surface area contributed by atoms with Gasteiger partial charge in [0.15, 0.2) is 17.4 Å². The van der Waals surface area contributed by atoms with Crippen LogP contribution < -0.4 is 15.4 Å². The summed E-state index contributed by atoms with van der Waals surface area (Å²) in [5.41, 5.74) is -0.0926. The standard InChI is InChI=1S/C23H30F3N5O3S/c1-22(2)17-13(18(30-29-17)28-19(32)23(10-7-11-23)35(3,4)5)12-31(22)21(33)27-16-14(24)8-6-9-15(16)34-20(25)26/h6,8-9,20H,7,10-12H2,1-5H3,(H,27,33)(H2,28,29,30,32). The first-order valence-electron chi connectivity index (χ1n) is 11.2. The van der Waals surface area contributed by atoms with Gasteiger partial charge >= 0.3 is 12.6 Å². The summed E-state index contributed by atoms with van der Waals surface area (Å²) in [7, 11) is -1.17. The molecule has 0 bridgehead atoms. The Balaban J connectivity index is 1.56. The van der Waals surface area contributed by atoms with Crippen molar-refractivity contribution in [3.63, 3.8) is 0 Å². The molecular weight excluding hydrogens is 483 g/mol. The van der Waals surface area contributed by atoms with Crippen LogP contribution in [0.4, 0.5) is 29.5 Å². The predicted molar refractivity (Wildman–Crippen MR) is 130 cm³/mol. The number of hydrogen-bond acceptors (Lipinski definition) is 4. The molecule has 1 aromatic heterocycles. The molecule has 1 aromatic carbocycles. The zero-order valence-corrected chi connectivity index (χ0v) is 21.1. The third-order valence-electron chi connectivity index (χ3n) is 7.12. The van der Waals surface area contributed by atoms with Gasteiger partial charge in [-0.1, -0.05) is 6.07 Å². The van der Waals surface area contributed by atoms with E-state index in [4.69, 9.17) is 0 Å². The monoisotopic (exact) mass is 513 g/mol. The maximum Gasteiger partial charge on any atom is 0.387 e. The zero-order valence-electron chi connectivity index (χ0n) is 20.3. The lowest BCUT2D eigenvalue weighted by molar-refractivity contribution is -0.120. The quantitative estimate of drug-likeness (QED) is 0.507. The second-order valence-electron chi connectivity index (χ2n) is 10.1. The van der Waals surface area contributed by atoms with E-state index in [1.54, 1.807) is 13.8 Å². The minimum atomic E-state index is -3.18. The summed E-state index contributed by atoms with van der Waals surface area (Å²) >= 11 is 0. The van der Waals surface area contributed by atoms with Gasteiger partial charge in [0.25, 0.3) is 0 Å². The summed E-state index contributed by atoms with van der Waals surface area (Å²) in [6, 6.07) is 2.68. The number of ether oxygens (including phenoxy) is 1. The van der Waals surface area contributed by atoms with E-state index in [9.17, 15) is 22.8 Å². The van der Waals surface area contributed by atoms with Crippen molar-refractivity contribution in [1.29, 1.82) is 0 Å². The Hall–Kier alpha value is -2.89. The maximum atomic E-state index is 14.4. The predicted octanol–water partition coefficient (Wildman–Crippen LogP) is 4.99. The van der Waals surface area contributed by atoms with Gasteiger partial charge in [-0.2, -0.15) is 13.9 Å². The lowest BCUT2D eigenvalue weighted by atomic mass is 9.83. The number of hydrogen-bond donors (Lipinski definition) is 3. The number of nitrogens with one attached hydrogen (secondary N) is 3. The number of amides is 3. The molecule has 8 nitrogen and oxygen atoms in total. The molecule has 0 unspecified atom stereocenters. The van der Waals surface area contributed by atoms with Gasteiger partial charge in [0.1, 0.15) is 5.69 Å². The third-order valence-corrected chi connectivity index (χ3v) is 10.1. The van der Waals surface area contributed by atoms with E-state index in [0.29, 0.717) is 17.1 Å². The van der Waals surface area contributed by atoms with Crippen molar-refractivity contribution in [2.45, 2.75) is 56.6 Å². The number of carbonyl (C=O) groups excluding carboxylic acids is 2. The van der Waals surface area contributed by atoms with E-state index in [0.717, 1.165) is 31.4 Å². The van der Waals surface area contributed by atoms with Crippen molar-refractivity contribution in [3.8, 4) is 5.75 Å². The molecule has 1 fully saturated rings. The molecule has 1 aliphatic carbocycles. The van der Waals surface area contributed by atoms with Crippen LogP contribution in [0.25, 0.3) is 0 Å². The maximum absolute atomic E-state index is 14.4. The van der Waals surface area contributed by atoms with Crippen LogP contribution in [0.1, 0.15) is 44.4 Å². The molecule has 2 aromatic rings. The van der Waals surface area contributed by atoms with Crippen LogP contribution in [0, 0.1) is 5.82 Å². The molecular formula is C23H30F3N5O3S. The summed E-state index contributed by atoms with van der Waals surface area (Å²) in [5.74, 6) is -1.09. The summed E-state index contributed by atoms with van der Waals surface area (Å²) < 4.78 is 43.8. The number of alkyl halides is 2. The van der Waals surface area contributed by atoms with Gasteiger partial charge in [-0.25, -0.2) is 19.2 Å². The molecule has 1 saturated carbocycles. The molecule has 0 saturated heterocycles. The molecule has 2 heterocycles. The number of aromatic nitrogens is 2. The van der Waals surface area contributed by atoms with Crippen molar-refractivity contribution in [2.75, 3.05) is 29.4 Å². The van der Waals surface area contributed by atoms with E-state index in [1.807, 2.05) is 0 Å². The molecule has 0 atom stereocenters. The summed E-state index contributed by atoms with van der Waals surface area (Å²) in [4.78, 5) is 27.9. The van der Waals surface area contributed by atoms with Crippen LogP contribution in [-0.4, -0.2) is 57.2 Å². The highest BCUT2D eigenvalue weighted by Gasteiger charge is 2.51. The van der Waals surface area contributed by atoms with Gasteiger partial charge in [0.05, 0.1) is 22.5 Å². The molecule has 0 spiro atoms. The third kappa shape index (κ3) is 4.21. The Bertz CT molecular complexity index is 1160. The number of benzene rings is 1. The van der Waals surface area contributed by atoms with Crippen molar-refractivity contribution in [1.82, 2.24) is 15.1 Å². The van der Waals surface area contributed by atoms with Crippen LogP contribution in [-0.2, 0) is 16.9 Å². The topological polar surface area (TPSA) is 99.4 Å². The molecule has 0 radical (unpaired) electrons. The Kier molecular flexibility index (Phi) is 6.23. The number of carbonyl (C=O) groups is 2. The molecule has 1 aliphatic heterocycles. The molecule has 3 N–H and O–H groups in total. The first-order chi connectivity index (χ1) is 16.3. The van der Waals surface area contributed by atoms with E-state index in [1.165, 1.54) is 11.0 Å². The number of halogens is 3. The van der Waals surface area contributed by atoms with Gasteiger partial charge in [-0.05, 0) is 64.0 Å². The van der Waals surface area contributed by atoms with Crippen LogP contribution >= 0.6 is 10.0 Å². The number of anilines is 2. The van der Waals surface area contributed by atoms with Gasteiger partial charge in [0.2, 0.25) is 5.91 Å². The average Bonchev–Trinajstić information content (AvgIpc) is 3.20. The highest BCUT2D eigenvalue weighted by molar-refractivity contribution is 8.33. The summed E-state index contributed by atoms with van der Waals surface area (Å²) in [6.07, 6.45) is 9.05. The molecule has 192 valence electrons. The van der Waals surface area contributed by atoms with Crippen molar-refractivity contribution in [2.24, 2.45) is 0 Å². The van der Waals surface area contributed by atoms with E-state index in [2.05, 4.69) is 44.3 Å². The van der Waals surface area contributed by atoms with E-state index < -0.39 is 50.2 Å². The highest BCUT2D eigenvalue weighted by atomic mass is 32.3. The minimum absolute atomic E-state index is 0.0681. The fraction of sp³-hybridized carbons (Fsp3) is 0.522. The van der Waals surface area contributed by atoms with Crippen LogP contribution in [0.3, 0.4) is 0 Å². The SMILES string of the molecule is CC1(C)c2[nH]nc(NC(=O)C3(S(C)(C)C)CCC3)c2CN1C(=O)Nc1c(F)cccc1OC(F)F. The Labute approximate surface area is 203 Å². The van der Waals surface area contributed by atoms with Crippen LogP contribution in [0.5, 0.6) is 5.75 Å². The fourth-order valence-electron chi connectivity index (χ4n) is 4.78. The van der Waals surface area contributed by atoms with Gasteiger partial charge in [-0.3, -0.25) is 9.89 Å². The molecule has 3 amide bonds. The molecule has 12 heteroatoms. The van der Waals surface area contributed by atoms with Gasteiger partial charge in [0, 0.05) is 5.56 Å². The first kappa shape index (κ1) is 25.2. The molecule has 35 heavy (non-hydrogen) atoms. The molecule has 2 aliphatic rings. The number of aromatic amines is 1. The number of rotatable bonds is 6. The Morgan fingerprint density at radius 3 is 2.46 bits per heavy atom. The number of urea groups is 1. The van der Waals surface area contributed by atoms with E-state index >= 15 is 0 Å². The minimum Gasteiger partial charge on any atom is -0.432 e. The summed E-state index contributed by atoms with van der Waals surface area (Å²) in [5, 5.41) is 12.6. The zero-order chi connectivity index (χ0) is 25.8. The average molecular weight is 514 g/mol. The van der Waals surface area contributed by atoms with Crippen LogP contribution in [0.15, 0.2) is 18.2 Å². The Morgan fingerprint density at radius 2 is 1.89 bits per heavy atom. The number of fused-ring (bicyclic) bond motifs is 1. The highest BCUT2D eigenvalue weighted by Crippen LogP contribution is 2.60. The lowest BCUT2D eigenvalue weighted by Crippen LogP contribution is -2.51. The first-order valence-corrected chi connectivity index (χ1v) is 14.0. The number of H-pyrrole nitrogens is 1. The normalized spacial score (nSPS) is 18.6. The van der Waals surface area contributed by atoms with Crippen molar-refractivity contribution < 1.29 is 27.5 Å². The second kappa shape index (κ2) is 8.65. The summed E-state index contributed by atoms with van der Waals surface area (Å²) in [6.45, 7) is 0.441. The van der Waals surface area contributed by atoms with Gasteiger partial charge < -0.3 is 20.3 Å². The number of nitrogens with zero attached hydrogens (tertiary/aromatic N) is 2. The second-order valence-corrected chi connectivity index (χ2v) is 14.6. The smallest absolute Gasteiger partial charge is 0.387 e. The van der Waals surface area contributed by atoms with Crippen molar-refractivity contribution in [3.05, 3.63) is 35.3 Å². The fourth-order valence-corrected chi connectivity index (χ4v) is 6.90. The van der Waals surface area contributed by atoms with Gasteiger partial charge in [-0.15, -0.1) is 0 Å². The lowest BCUT2D eigenvalue weighted by Gasteiger charge is -2.53. The van der Waals surface area contributed by atoms with E-state index in [-0.39, 0.29) is 12.5 Å².